The minimum absolute atomic E-state index is 1.06. The van der Waals surface area contributed by atoms with Gasteiger partial charge in [0.25, 0.3) is 0 Å². The third-order valence-electron chi connectivity index (χ3n) is 0.278. The highest BCUT2D eigenvalue weighted by Crippen LogP contribution is 2.10. The Bertz CT molecular complexity index is 23.5. The molecule has 0 aromatic heterocycles. The second kappa shape index (κ2) is 6.39. The van der Waals surface area contributed by atoms with E-state index in [2.05, 4.69) is 21.2 Å². The van der Waals surface area contributed by atoms with Crippen molar-refractivity contribution in [1.29, 1.82) is 0 Å². The molecular formula is C2H6INS2. The molecule has 0 aliphatic rings. The van der Waals surface area contributed by atoms with E-state index in [1.165, 1.54) is 11.9 Å². The third kappa shape index (κ3) is 5.39. The highest BCUT2D eigenvalue weighted by Gasteiger charge is 1.77. The van der Waals surface area contributed by atoms with Crippen LogP contribution < -0.4 is 5.14 Å². The molecule has 0 atom stereocenters. The molecule has 0 amide bonds. The van der Waals surface area contributed by atoms with E-state index in [0.29, 0.717) is 0 Å². The largest absolute Gasteiger partial charge is 0.278 e. The summed E-state index contributed by atoms with van der Waals surface area (Å²) in [5, 5.41) is 5.11. The maximum absolute atomic E-state index is 5.11. The first kappa shape index (κ1) is 7.39. The molecule has 0 saturated carbocycles. The van der Waals surface area contributed by atoms with Gasteiger partial charge in [-0.3, -0.25) is 5.14 Å². The Morgan fingerprint density at radius 3 is 2.33 bits per heavy atom. The molecule has 1 nitrogen and oxygen atoms in total. The lowest BCUT2D eigenvalue weighted by Crippen LogP contribution is -1.84. The van der Waals surface area contributed by atoms with Crippen LogP contribution in [0.4, 0.5) is 0 Å². The Kier molecular flexibility index (Phi) is 7.87. The highest BCUT2D eigenvalue weighted by atomic mass is 127. The summed E-state index contributed by atoms with van der Waals surface area (Å²) < 4.78 is 0. The van der Waals surface area contributed by atoms with Gasteiger partial charge in [0.15, 0.2) is 0 Å². The van der Waals surface area contributed by atoms with Crippen molar-refractivity contribution < 1.29 is 0 Å². The second-order valence-electron chi connectivity index (χ2n) is 0.684. The normalized spacial score (nSPS) is 9.00. The minimum atomic E-state index is 1.06. The van der Waals surface area contributed by atoms with Crippen molar-refractivity contribution in [3.05, 3.63) is 0 Å². The average Bonchev–Trinajstić information content (AvgIpc) is 1.61. The lowest BCUT2D eigenvalue weighted by molar-refractivity contribution is 1.56. The van der Waals surface area contributed by atoms with E-state index in [9.17, 15) is 0 Å². The number of hydrogen-bond donors (Lipinski definition) is 1. The monoisotopic (exact) mass is 235 g/mol. The van der Waals surface area contributed by atoms with E-state index < -0.39 is 0 Å². The highest BCUT2D eigenvalue weighted by molar-refractivity contribution is 14.2. The molecule has 0 heterocycles. The van der Waals surface area contributed by atoms with E-state index in [4.69, 9.17) is 5.14 Å². The van der Waals surface area contributed by atoms with Gasteiger partial charge in [0.2, 0.25) is 0 Å². The molecule has 6 heavy (non-hydrogen) atoms. The summed E-state index contributed by atoms with van der Waals surface area (Å²) in [6.07, 6.45) is 0. The van der Waals surface area contributed by atoms with Crippen molar-refractivity contribution in [2.75, 3.05) is 11.5 Å². The first-order chi connectivity index (χ1) is 2.91. The van der Waals surface area contributed by atoms with Crippen molar-refractivity contribution in [2.24, 2.45) is 5.14 Å². The van der Waals surface area contributed by atoms with E-state index in [1.807, 2.05) is 0 Å². The molecule has 0 aliphatic heterocycles. The fourth-order valence-corrected chi connectivity index (χ4v) is 2.33. The molecule has 4 heteroatoms. The number of rotatable bonds is 3. The maximum atomic E-state index is 5.11. The van der Waals surface area contributed by atoms with Crippen LogP contribution in [-0.4, -0.2) is 11.5 Å². The lowest BCUT2D eigenvalue weighted by Gasteiger charge is -1.84. The maximum Gasteiger partial charge on any atom is 0.0175 e. The summed E-state index contributed by atoms with van der Waals surface area (Å²) in [7, 11) is 1.80. The van der Waals surface area contributed by atoms with Gasteiger partial charge in [-0.05, 0) is 21.2 Å². The van der Waals surface area contributed by atoms with Gasteiger partial charge >= 0.3 is 0 Å². The Morgan fingerprint density at radius 1 is 1.50 bits per heavy atom. The smallest absolute Gasteiger partial charge is 0.0175 e. The first-order valence-corrected chi connectivity index (χ1v) is 6.04. The predicted octanol–water partition coefficient (Wildman–Crippen LogP) is 1.68. The van der Waals surface area contributed by atoms with Crippen LogP contribution in [-0.2, 0) is 0 Å². The topological polar surface area (TPSA) is 26.0 Å². The van der Waals surface area contributed by atoms with Gasteiger partial charge in [-0.1, -0.05) is 20.9 Å². The standard InChI is InChI=1S/C2H6INS2/c3-5-1-2-6-4/h1-2,4H2. The van der Waals surface area contributed by atoms with Crippen molar-refractivity contribution >= 4 is 42.1 Å². The Morgan fingerprint density at radius 2 is 2.17 bits per heavy atom. The summed E-state index contributed by atoms with van der Waals surface area (Å²) >= 11 is 3.66. The zero-order chi connectivity index (χ0) is 4.83. The van der Waals surface area contributed by atoms with Gasteiger partial charge in [-0.2, -0.15) is 0 Å². The van der Waals surface area contributed by atoms with Crippen LogP contribution in [0.25, 0.3) is 0 Å². The molecule has 0 rings (SSSR count). The molecular weight excluding hydrogens is 229 g/mol. The van der Waals surface area contributed by atoms with Crippen molar-refractivity contribution in [2.45, 2.75) is 0 Å². The summed E-state index contributed by atoms with van der Waals surface area (Å²) in [5.41, 5.74) is 0. The fourth-order valence-electron chi connectivity index (χ4n) is 0.0796. The minimum Gasteiger partial charge on any atom is -0.278 e. The van der Waals surface area contributed by atoms with Crippen LogP contribution in [0, 0.1) is 0 Å². The number of halogens is 1. The lowest BCUT2D eigenvalue weighted by atomic mass is 11.0. The molecule has 0 radical (unpaired) electrons. The third-order valence-corrected chi connectivity index (χ3v) is 2.66. The predicted molar refractivity (Wildman–Crippen MR) is 43.1 cm³/mol. The molecule has 38 valence electrons. The second-order valence-corrected chi connectivity index (χ2v) is 3.92. The molecule has 0 aromatic carbocycles. The van der Waals surface area contributed by atoms with E-state index >= 15 is 0 Å². The molecule has 2 N–H and O–H groups in total. The van der Waals surface area contributed by atoms with Crippen molar-refractivity contribution in [3.8, 4) is 0 Å². The van der Waals surface area contributed by atoms with Crippen molar-refractivity contribution in [3.63, 3.8) is 0 Å². The van der Waals surface area contributed by atoms with Crippen LogP contribution in [0.3, 0.4) is 0 Å². The SMILES string of the molecule is NSCCSI. The summed E-state index contributed by atoms with van der Waals surface area (Å²) in [4.78, 5) is 0. The molecule has 0 saturated heterocycles. The van der Waals surface area contributed by atoms with Gasteiger partial charge in [-0.25, -0.2) is 0 Å². The van der Waals surface area contributed by atoms with Crippen molar-refractivity contribution in [1.82, 2.24) is 0 Å². The molecule has 0 bridgehead atoms. The zero-order valence-electron chi connectivity index (χ0n) is 3.19. The fraction of sp³-hybridized carbons (Fsp3) is 1.00. The van der Waals surface area contributed by atoms with Gasteiger partial charge in [0.05, 0.1) is 0 Å². The molecule has 0 aliphatic carbocycles. The Labute approximate surface area is 58.5 Å². The van der Waals surface area contributed by atoms with E-state index in [0.717, 1.165) is 11.5 Å². The van der Waals surface area contributed by atoms with Crippen LogP contribution in [0.1, 0.15) is 0 Å². The van der Waals surface area contributed by atoms with Crippen LogP contribution in [0.15, 0.2) is 0 Å². The van der Waals surface area contributed by atoms with E-state index in [1.54, 1.807) is 8.93 Å². The molecule has 0 spiro atoms. The van der Waals surface area contributed by atoms with Crippen LogP contribution in [0.5, 0.6) is 0 Å². The van der Waals surface area contributed by atoms with Gasteiger partial charge in [-0.15, -0.1) is 0 Å². The number of hydrogen-bond acceptors (Lipinski definition) is 3. The van der Waals surface area contributed by atoms with E-state index in [-0.39, 0.29) is 0 Å². The molecule has 0 unspecified atom stereocenters. The summed E-state index contributed by atoms with van der Waals surface area (Å²) in [6.45, 7) is 0. The first-order valence-electron chi connectivity index (χ1n) is 1.47. The van der Waals surface area contributed by atoms with Gasteiger partial charge in [0, 0.05) is 11.5 Å². The van der Waals surface area contributed by atoms with Crippen LogP contribution in [0.2, 0.25) is 0 Å². The summed E-state index contributed by atoms with van der Waals surface area (Å²) in [6, 6.07) is 0. The zero-order valence-corrected chi connectivity index (χ0v) is 6.98. The molecule has 0 fully saturated rings. The van der Waals surface area contributed by atoms with Crippen LogP contribution >= 0.6 is 42.1 Å². The molecule has 0 aromatic rings. The van der Waals surface area contributed by atoms with Gasteiger partial charge < -0.3 is 0 Å². The van der Waals surface area contributed by atoms with Gasteiger partial charge in [0.1, 0.15) is 0 Å². The quantitative estimate of drug-likeness (QED) is 0.458. The Balaban J connectivity index is 2.34. The number of nitrogens with two attached hydrogens (primary N) is 1. The average molecular weight is 235 g/mol. The Hall–Kier alpha value is 1.39. The summed E-state index contributed by atoms with van der Waals surface area (Å²) in [5.74, 6) is 2.22.